The lowest BCUT2D eigenvalue weighted by molar-refractivity contribution is 0.120. The van der Waals surface area contributed by atoms with Gasteiger partial charge >= 0.3 is 0 Å². The monoisotopic (exact) mass is 221 g/mol. The number of aromatic nitrogens is 4. The Hall–Kier alpha value is -1.73. The van der Waals surface area contributed by atoms with Crippen LogP contribution < -0.4 is 5.73 Å². The van der Waals surface area contributed by atoms with Crippen LogP contribution in [-0.4, -0.2) is 43.9 Å². The number of nitrogens with zero attached hydrogens (tertiary/aromatic N) is 4. The normalized spacial score (nSPS) is 25.3. The van der Waals surface area contributed by atoms with E-state index in [4.69, 9.17) is 10.5 Å². The van der Waals surface area contributed by atoms with Crippen LogP contribution in [0.4, 0.5) is 5.82 Å². The van der Waals surface area contributed by atoms with Gasteiger partial charge in [-0.2, -0.15) is 0 Å². The highest BCUT2D eigenvalue weighted by Crippen LogP contribution is 2.24. The third-order valence-electron chi connectivity index (χ3n) is 2.77. The molecule has 0 saturated carbocycles. The predicted octanol–water partition coefficient (Wildman–Crippen LogP) is -0.659. The molecule has 16 heavy (non-hydrogen) atoms. The van der Waals surface area contributed by atoms with Crippen LogP contribution in [0.3, 0.4) is 0 Å². The standard InChI is InChI=1S/C9H11N5O2/c10-8-7-9(12-3-11-8)14(4-13-7)5-1-16-2-6(5)15/h3-6,15H,1-2H2,(H2,10,11,12)/t5-,6-/m0/s1. The first-order valence-corrected chi connectivity index (χ1v) is 4.96. The Morgan fingerprint density at radius 1 is 1.38 bits per heavy atom. The van der Waals surface area contributed by atoms with E-state index in [9.17, 15) is 5.11 Å². The minimum absolute atomic E-state index is 0.153. The van der Waals surface area contributed by atoms with E-state index in [1.807, 2.05) is 0 Å². The maximum Gasteiger partial charge on any atom is 0.165 e. The predicted molar refractivity (Wildman–Crippen MR) is 55.6 cm³/mol. The number of aliphatic hydroxyl groups is 1. The molecule has 2 aromatic rings. The molecule has 1 aliphatic rings. The molecule has 1 fully saturated rings. The van der Waals surface area contributed by atoms with Gasteiger partial charge in [-0.1, -0.05) is 0 Å². The molecule has 1 saturated heterocycles. The minimum Gasteiger partial charge on any atom is -0.388 e. The van der Waals surface area contributed by atoms with Crippen molar-refractivity contribution >= 4 is 17.0 Å². The van der Waals surface area contributed by atoms with Crippen LogP contribution >= 0.6 is 0 Å². The maximum absolute atomic E-state index is 9.74. The molecule has 7 heteroatoms. The van der Waals surface area contributed by atoms with Crippen molar-refractivity contribution in [3.8, 4) is 0 Å². The van der Waals surface area contributed by atoms with Gasteiger partial charge in [-0.3, -0.25) is 0 Å². The Bertz CT molecular complexity index is 526. The molecule has 84 valence electrons. The van der Waals surface area contributed by atoms with Gasteiger partial charge in [-0.25, -0.2) is 15.0 Å². The Labute approximate surface area is 90.9 Å². The van der Waals surface area contributed by atoms with E-state index >= 15 is 0 Å². The summed E-state index contributed by atoms with van der Waals surface area (Å²) in [6, 6.07) is -0.153. The highest BCUT2D eigenvalue weighted by atomic mass is 16.5. The van der Waals surface area contributed by atoms with E-state index < -0.39 is 6.10 Å². The largest absolute Gasteiger partial charge is 0.388 e. The summed E-state index contributed by atoms with van der Waals surface area (Å²) in [5.41, 5.74) is 6.87. The molecule has 2 aromatic heterocycles. The first kappa shape index (κ1) is 9.49. The number of anilines is 1. The van der Waals surface area contributed by atoms with Crippen LogP contribution in [0.5, 0.6) is 0 Å². The number of aliphatic hydroxyl groups excluding tert-OH is 1. The molecule has 2 atom stereocenters. The summed E-state index contributed by atoms with van der Waals surface area (Å²) in [5, 5.41) is 9.74. The van der Waals surface area contributed by atoms with Crippen LogP contribution in [0, 0.1) is 0 Å². The zero-order valence-corrected chi connectivity index (χ0v) is 8.45. The molecule has 0 radical (unpaired) electrons. The number of ether oxygens (including phenoxy) is 1. The van der Waals surface area contributed by atoms with E-state index in [2.05, 4.69) is 15.0 Å². The summed E-state index contributed by atoms with van der Waals surface area (Å²) in [4.78, 5) is 12.1. The zero-order valence-electron chi connectivity index (χ0n) is 8.45. The topological polar surface area (TPSA) is 99.1 Å². The summed E-state index contributed by atoms with van der Waals surface area (Å²) in [6.07, 6.45) is 2.46. The van der Waals surface area contributed by atoms with Gasteiger partial charge in [-0.05, 0) is 0 Å². The van der Waals surface area contributed by atoms with Crippen molar-refractivity contribution in [2.24, 2.45) is 0 Å². The number of rotatable bonds is 1. The molecule has 0 spiro atoms. The second kappa shape index (κ2) is 3.39. The lowest BCUT2D eigenvalue weighted by atomic mass is 10.2. The third kappa shape index (κ3) is 1.25. The lowest BCUT2D eigenvalue weighted by Crippen LogP contribution is -2.21. The molecular formula is C9H11N5O2. The molecule has 3 rings (SSSR count). The number of fused-ring (bicyclic) bond motifs is 1. The first-order valence-electron chi connectivity index (χ1n) is 4.96. The molecule has 3 N–H and O–H groups in total. The lowest BCUT2D eigenvalue weighted by Gasteiger charge is -2.14. The average molecular weight is 221 g/mol. The SMILES string of the molecule is Nc1ncnc2c1ncn2[C@H]1COC[C@@H]1O. The van der Waals surface area contributed by atoms with Crippen molar-refractivity contribution in [1.82, 2.24) is 19.5 Å². The van der Waals surface area contributed by atoms with Crippen LogP contribution in [0.25, 0.3) is 11.2 Å². The molecule has 0 aliphatic carbocycles. The second-order valence-corrected chi connectivity index (χ2v) is 3.76. The number of nitrogens with two attached hydrogens (primary N) is 1. The van der Waals surface area contributed by atoms with E-state index in [0.717, 1.165) is 0 Å². The molecule has 0 bridgehead atoms. The van der Waals surface area contributed by atoms with Crippen molar-refractivity contribution in [3.05, 3.63) is 12.7 Å². The number of imidazole rings is 1. The van der Waals surface area contributed by atoms with Gasteiger partial charge in [0.2, 0.25) is 0 Å². The van der Waals surface area contributed by atoms with Gasteiger partial charge in [0.15, 0.2) is 11.5 Å². The Morgan fingerprint density at radius 3 is 3.00 bits per heavy atom. The van der Waals surface area contributed by atoms with Crippen molar-refractivity contribution in [1.29, 1.82) is 0 Å². The highest BCUT2D eigenvalue weighted by Gasteiger charge is 2.29. The molecule has 0 amide bonds. The summed E-state index contributed by atoms with van der Waals surface area (Å²) in [5.74, 6) is 0.345. The fraction of sp³-hybridized carbons (Fsp3) is 0.444. The molecule has 7 nitrogen and oxygen atoms in total. The zero-order chi connectivity index (χ0) is 11.1. The van der Waals surface area contributed by atoms with Crippen LogP contribution in [0.2, 0.25) is 0 Å². The molecular weight excluding hydrogens is 210 g/mol. The van der Waals surface area contributed by atoms with Crippen molar-refractivity contribution in [3.63, 3.8) is 0 Å². The van der Waals surface area contributed by atoms with E-state index in [1.165, 1.54) is 6.33 Å². The van der Waals surface area contributed by atoms with Gasteiger partial charge in [0.1, 0.15) is 17.9 Å². The molecule has 3 heterocycles. The quantitative estimate of drug-likeness (QED) is 0.663. The van der Waals surface area contributed by atoms with Gasteiger partial charge in [0.25, 0.3) is 0 Å². The van der Waals surface area contributed by atoms with E-state index in [-0.39, 0.29) is 6.04 Å². The number of hydrogen-bond donors (Lipinski definition) is 2. The van der Waals surface area contributed by atoms with Crippen LogP contribution in [-0.2, 0) is 4.74 Å². The highest BCUT2D eigenvalue weighted by molar-refractivity contribution is 5.81. The molecule has 0 unspecified atom stereocenters. The van der Waals surface area contributed by atoms with Crippen molar-refractivity contribution in [2.75, 3.05) is 18.9 Å². The Kier molecular flexibility index (Phi) is 2.01. The Balaban J connectivity index is 2.14. The maximum atomic E-state index is 9.74. The fourth-order valence-corrected chi connectivity index (χ4v) is 1.91. The second-order valence-electron chi connectivity index (χ2n) is 3.76. The summed E-state index contributed by atoms with van der Waals surface area (Å²) < 4.78 is 6.98. The van der Waals surface area contributed by atoms with Crippen LogP contribution in [0.15, 0.2) is 12.7 Å². The summed E-state index contributed by atoms with van der Waals surface area (Å²) in [6.45, 7) is 0.793. The number of nitrogen functional groups attached to an aromatic ring is 1. The third-order valence-corrected chi connectivity index (χ3v) is 2.77. The van der Waals surface area contributed by atoms with Gasteiger partial charge in [0.05, 0.1) is 25.6 Å². The molecule has 0 aromatic carbocycles. The van der Waals surface area contributed by atoms with Gasteiger partial charge in [0, 0.05) is 0 Å². The van der Waals surface area contributed by atoms with E-state index in [1.54, 1.807) is 10.9 Å². The number of hydrogen-bond acceptors (Lipinski definition) is 6. The van der Waals surface area contributed by atoms with Gasteiger partial charge < -0.3 is 20.1 Å². The Morgan fingerprint density at radius 2 is 2.25 bits per heavy atom. The fourth-order valence-electron chi connectivity index (χ4n) is 1.91. The summed E-state index contributed by atoms with van der Waals surface area (Å²) in [7, 11) is 0. The van der Waals surface area contributed by atoms with E-state index in [0.29, 0.717) is 30.2 Å². The molecule has 1 aliphatic heterocycles. The van der Waals surface area contributed by atoms with Crippen molar-refractivity contribution < 1.29 is 9.84 Å². The summed E-state index contributed by atoms with van der Waals surface area (Å²) >= 11 is 0. The van der Waals surface area contributed by atoms with Gasteiger partial charge in [-0.15, -0.1) is 0 Å². The smallest absolute Gasteiger partial charge is 0.165 e. The van der Waals surface area contributed by atoms with Crippen LogP contribution in [0.1, 0.15) is 6.04 Å². The van der Waals surface area contributed by atoms with Crippen molar-refractivity contribution in [2.45, 2.75) is 12.1 Å². The first-order chi connectivity index (χ1) is 7.77. The minimum atomic E-state index is -0.534. The average Bonchev–Trinajstić information content (AvgIpc) is 2.84.